The van der Waals surface area contributed by atoms with Gasteiger partial charge in [0.1, 0.15) is 5.75 Å². The summed E-state index contributed by atoms with van der Waals surface area (Å²) in [5.41, 5.74) is 6.28. The Morgan fingerprint density at radius 1 is 1.33 bits per heavy atom. The number of phenols is 1. The van der Waals surface area contributed by atoms with E-state index in [1.807, 2.05) is 12.1 Å². The predicted octanol–water partition coefficient (Wildman–Crippen LogP) is 1.25. The Kier molecular flexibility index (Phi) is 3.77. The molecule has 0 bridgehead atoms. The topological polar surface area (TPSA) is 84.6 Å². The van der Waals surface area contributed by atoms with Crippen LogP contribution in [0, 0.1) is 5.92 Å². The highest BCUT2D eigenvalue weighted by Gasteiger charge is 2.28. The third-order valence-electron chi connectivity index (χ3n) is 3.93. The zero-order valence-corrected chi connectivity index (χ0v) is 11.6. The van der Waals surface area contributed by atoms with E-state index in [1.165, 1.54) is 0 Å². The van der Waals surface area contributed by atoms with Gasteiger partial charge in [0.05, 0.1) is 19.3 Å². The first-order chi connectivity index (χ1) is 10.2. The number of carbonyl (C=O) groups excluding carboxylic acids is 1. The second-order valence-electron chi connectivity index (χ2n) is 5.32. The van der Waals surface area contributed by atoms with Crippen LogP contribution in [-0.2, 0) is 4.74 Å². The van der Waals surface area contributed by atoms with Crippen molar-refractivity contribution in [2.45, 2.75) is 6.04 Å². The van der Waals surface area contributed by atoms with Crippen molar-refractivity contribution in [2.24, 2.45) is 11.7 Å². The van der Waals surface area contributed by atoms with Crippen LogP contribution in [0.4, 0.5) is 0 Å². The van der Waals surface area contributed by atoms with Crippen LogP contribution in [0.3, 0.4) is 0 Å². The first kappa shape index (κ1) is 13.9. The number of nitrogens with two attached hydrogens (primary N) is 1. The molecular formula is C16H18N2O3. The molecule has 1 heterocycles. The van der Waals surface area contributed by atoms with Crippen molar-refractivity contribution in [1.29, 1.82) is 0 Å². The smallest absolute Gasteiger partial charge is 0.252 e. The number of phenolic OH excluding ortho intramolecular Hbond substituents is 1. The Bertz CT molecular complexity index is 672. The summed E-state index contributed by atoms with van der Waals surface area (Å²) in [7, 11) is 0. The fourth-order valence-corrected chi connectivity index (χ4v) is 2.71. The normalized spacial score (nSPS) is 21.6. The van der Waals surface area contributed by atoms with Crippen LogP contribution in [0.25, 0.3) is 10.8 Å². The summed E-state index contributed by atoms with van der Waals surface area (Å²) in [6.07, 6.45) is 0. The lowest BCUT2D eigenvalue weighted by Crippen LogP contribution is -2.42. The summed E-state index contributed by atoms with van der Waals surface area (Å²) >= 11 is 0. The molecule has 0 aromatic heterocycles. The van der Waals surface area contributed by atoms with Crippen LogP contribution < -0.4 is 11.1 Å². The molecule has 0 radical (unpaired) electrons. The number of rotatable bonds is 3. The lowest BCUT2D eigenvalue weighted by molar-refractivity contribution is 0.0927. The van der Waals surface area contributed by atoms with Crippen molar-refractivity contribution in [2.75, 3.05) is 19.8 Å². The van der Waals surface area contributed by atoms with Crippen molar-refractivity contribution >= 4 is 16.7 Å². The quantitative estimate of drug-likeness (QED) is 0.793. The molecule has 110 valence electrons. The maximum absolute atomic E-state index is 12.5. The molecule has 0 saturated carbocycles. The molecule has 5 nitrogen and oxygen atoms in total. The Balaban J connectivity index is 1.88. The van der Waals surface area contributed by atoms with Gasteiger partial charge in [-0.2, -0.15) is 0 Å². The summed E-state index contributed by atoms with van der Waals surface area (Å²) in [6.45, 7) is 1.58. The van der Waals surface area contributed by atoms with Gasteiger partial charge in [-0.1, -0.05) is 12.1 Å². The monoisotopic (exact) mass is 286 g/mol. The van der Waals surface area contributed by atoms with E-state index in [4.69, 9.17) is 10.5 Å². The van der Waals surface area contributed by atoms with Gasteiger partial charge in [-0.05, 0) is 41.6 Å². The number of nitrogens with one attached hydrogen (secondary N) is 1. The molecule has 1 fully saturated rings. The predicted molar refractivity (Wildman–Crippen MR) is 80.2 cm³/mol. The van der Waals surface area contributed by atoms with Crippen molar-refractivity contribution < 1.29 is 14.6 Å². The number of amides is 1. The van der Waals surface area contributed by atoms with Gasteiger partial charge in [-0.3, -0.25) is 4.79 Å². The number of hydrogen-bond donors (Lipinski definition) is 3. The Hall–Kier alpha value is -2.11. The third-order valence-corrected chi connectivity index (χ3v) is 3.93. The minimum absolute atomic E-state index is 0.0464. The molecule has 1 aliphatic heterocycles. The van der Waals surface area contributed by atoms with Crippen LogP contribution in [0.1, 0.15) is 10.4 Å². The van der Waals surface area contributed by atoms with Crippen molar-refractivity contribution in [3.63, 3.8) is 0 Å². The van der Waals surface area contributed by atoms with E-state index < -0.39 is 0 Å². The minimum Gasteiger partial charge on any atom is -0.508 e. The summed E-state index contributed by atoms with van der Waals surface area (Å²) in [4.78, 5) is 12.5. The number of carbonyl (C=O) groups is 1. The van der Waals surface area contributed by atoms with Crippen LogP contribution >= 0.6 is 0 Å². The Morgan fingerprint density at radius 2 is 2.19 bits per heavy atom. The summed E-state index contributed by atoms with van der Waals surface area (Å²) in [6, 6.07) is 10.4. The minimum atomic E-state index is -0.139. The van der Waals surface area contributed by atoms with Crippen molar-refractivity contribution in [3.05, 3.63) is 42.0 Å². The van der Waals surface area contributed by atoms with Crippen molar-refractivity contribution in [3.8, 4) is 5.75 Å². The maximum atomic E-state index is 12.5. The van der Waals surface area contributed by atoms with Gasteiger partial charge in [0.15, 0.2) is 0 Å². The van der Waals surface area contributed by atoms with Crippen LogP contribution in [0.5, 0.6) is 5.75 Å². The van der Waals surface area contributed by atoms with E-state index in [0.717, 1.165) is 10.8 Å². The number of benzene rings is 2. The van der Waals surface area contributed by atoms with Gasteiger partial charge >= 0.3 is 0 Å². The first-order valence-electron chi connectivity index (χ1n) is 6.99. The van der Waals surface area contributed by atoms with Crippen molar-refractivity contribution in [1.82, 2.24) is 5.32 Å². The molecule has 1 amide bonds. The molecular weight excluding hydrogens is 268 g/mol. The molecule has 0 spiro atoms. The van der Waals surface area contributed by atoms with Gasteiger partial charge in [-0.15, -0.1) is 0 Å². The number of hydrogen-bond acceptors (Lipinski definition) is 4. The average Bonchev–Trinajstić information content (AvgIpc) is 2.93. The molecule has 5 heteroatoms. The zero-order valence-electron chi connectivity index (χ0n) is 11.6. The van der Waals surface area contributed by atoms with Gasteiger partial charge in [0, 0.05) is 11.5 Å². The van der Waals surface area contributed by atoms with Crippen LogP contribution in [0.2, 0.25) is 0 Å². The van der Waals surface area contributed by atoms with E-state index in [1.54, 1.807) is 24.3 Å². The molecule has 2 unspecified atom stereocenters. The summed E-state index contributed by atoms with van der Waals surface area (Å²) in [5, 5.41) is 14.2. The zero-order chi connectivity index (χ0) is 14.8. The second-order valence-corrected chi connectivity index (χ2v) is 5.32. The molecule has 1 saturated heterocycles. The lowest BCUT2D eigenvalue weighted by atomic mass is 10.0. The highest BCUT2D eigenvalue weighted by molar-refractivity contribution is 6.07. The molecule has 3 rings (SSSR count). The van der Waals surface area contributed by atoms with E-state index >= 15 is 0 Å². The number of ether oxygens (including phenoxy) is 1. The van der Waals surface area contributed by atoms with E-state index in [-0.39, 0.29) is 23.6 Å². The van der Waals surface area contributed by atoms with E-state index in [0.29, 0.717) is 25.3 Å². The standard InChI is InChI=1S/C16H18N2O3/c17-7-11-8-21-9-15(11)18-16(20)14-3-1-2-10-6-12(19)4-5-13(10)14/h1-6,11,15,19H,7-9,17H2,(H,18,20). The molecule has 21 heavy (non-hydrogen) atoms. The molecule has 2 aromatic carbocycles. The molecule has 2 atom stereocenters. The van der Waals surface area contributed by atoms with Crippen LogP contribution in [0.15, 0.2) is 36.4 Å². The van der Waals surface area contributed by atoms with Gasteiger partial charge in [0.25, 0.3) is 5.91 Å². The highest BCUT2D eigenvalue weighted by atomic mass is 16.5. The number of fused-ring (bicyclic) bond motifs is 1. The SMILES string of the molecule is NCC1COCC1NC(=O)c1cccc2cc(O)ccc12. The summed E-state index contributed by atoms with van der Waals surface area (Å²) < 4.78 is 5.37. The fourth-order valence-electron chi connectivity index (χ4n) is 2.71. The van der Waals surface area contributed by atoms with E-state index in [2.05, 4.69) is 5.32 Å². The third kappa shape index (κ3) is 2.70. The Morgan fingerprint density at radius 3 is 3.00 bits per heavy atom. The second kappa shape index (κ2) is 5.71. The average molecular weight is 286 g/mol. The van der Waals surface area contributed by atoms with Crippen LogP contribution in [-0.4, -0.2) is 36.8 Å². The molecule has 2 aromatic rings. The summed E-state index contributed by atoms with van der Waals surface area (Å²) in [5.74, 6) is 0.209. The Labute approximate surface area is 122 Å². The van der Waals surface area contributed by atoms with Gasteiger partial charge < -0.3 is 20.9 Å². The fraction of sp³-hybridized carbons (Fsp3) is 0.312. The first-order valence-corrected chi connectivity index (χ1v) is 6.99. The molecule has 4 N–H and O–H groups in total. The lowest BCUT2D eigenvalue weighted by Gasteiger charge is -2.18. The maximum Gasteiger partial charge on any atom is 0.252 e. The largest absolute Gasteiger partial charge is 0.508 e. The highest BCUT2D eigenvalue weighted by Crippen LogP contribution is 2.23. The van der Waals surface area contributed by atoms with Gasteiger partial charge in [-0.25, -0.2) is 0 Å². The molecule has 0 aliphatic carbocycles. The molecule has 1 aliphatic rings. The number of aromatic hydroxyl groups is 1. The van der Waals surface area contributed by atoms with E-state index in [9.17, 15) is 9.90 Å². The van der Waals surface area contributed by atoms with Gasteiger partial charge in [0.2, 0.25) is 0 Å².